The second-order valence-corrected chi connectivity index (χ2v) is 6.72. The Hall–Kier alpha value is -0.620. The van der Waals surface area contributed by atoms with E-state index in [2.05, 4.69) is 0 Å². The van der Waals surface area contributed by atoms with Gasteiger partial charge in [-0.25, -0.2) is 0 Å². The first-order valence-electron chi connectivity index (χ1n) is 7.28. The van der Waals surface area contributed by atoms with Crippen LogP contribution in [-0.2, 0) is 4.79 Å². The summed E-state index contributed by atoms with van der Waals surface area (Å²) in [6.45, 7) is 4.55. The minimum Gasteiger partial charge on any atom is -0.387 e. The molecule has 1 aliphatic heterocycles. The van der Waals surface area contributed by atoms with E-state index in [1.54, 1.807) is 11.3 Å². The molecule has 3 N–H and O–H groups in total. The first kappa shape index (κ1) is 18.4. The molecule has 0 aromatic carbocycles. The van der Waals surface area contributed by atoms with Crippen molar-refractivity contribution in [2.24, 2.45) is 11.7 Å². The van der Waals surface area contributed by atoms with Crippen LogP contribution in [0.15, 0.2) is 17.5 Å². The maximum Gasteiger partial charge on any atom is 0.227 e. The maximum absolute atomic E-state index is 12.4. The predicted molar refractivity (Wildman–Crippen MR) is 88.7 cm³/mol. The molecule has 0 spiro atoms. The molecular weight excluding hydrogens is 308 g/mol. The molecule has 6 heteroatoms. The molecule has 1 fully saturated rings. The van der Waals surface area contributed by atoms with Gasteiger partial charge < -0.3 is 15.7 Å². The van der Waals surface area contributed by atoms with Gasteiger partial charge in [0.05, 0.1) is 12.0 Å². The van der Waals surface area contributed by atoms with Gasteiger partial charge in [-0.3, -0.25) is 4.79 Å². The van der Waals surface area contributed by atoms with Gasteiger partial charge in [0, 0.05) is 23.5 Å². The van der Waals surface area contributed by atoms with Crippen molar-refractivity contribution in [1.82, 2.24) is 4.90 Å². The number of carbonyl (C=O) groups excluding carboxylic acids is 1. The van der Waals surface area contributed by atoms with E-state index in [4.69, 9.17) is 5.73 Å². The van der Waals surface area contributed by atoms with E-state index in [9.17, 15) is 9.90 Å². The van der Waals surface area contributed by atoms with Crippen molar-refractivity contribution >= 4 is 29.7 Å². The van der Waals surface area contributed by atoms with Crippen LogP contribution in [0.3, 0.4) is 0 Å². The fourth-order valence-electron chi connectivity index (χ4n) is 2.71. The fourth-order valence-corrected chi connectivity index (χ4v) is 3.44. The summed E-state index contributed by atoms with van der Waals surface area (Å²) < 4.78 is 0. The number of hydrogen-bond donors (Lipinski definition) is 2. The number of halogens is 1. The maximum atomic E-state index is 12.4. The Bertz CT molecular complexity index is 439. The second kappa shape index (κ2) is 8.13. The molecule has 120 valence electrons. The second-order valence-electron chi connectivity index (χ2n) is 5.74. The highest BCUT2D eigenvalue weighted by Crippen LogP contribution is 2.30. The highest BCUT2D eigenvalue weighted by molar-refractivity contribution is 7.10. The summed E-state index contributed by atoms with van der Waals surface area (Å²) >= 11 is 1.56. The number of nitrogens with two attached hydrogens (primary N) is 1. The zero-order valence-corrected chi connectivity index (χ0v) is 14.2. The largest absolute Gasteiger partial charge is 0.387 e. The number of amides is 1. The molecule has 1 aliphatic rings. The van der Waals surface area contributed by atoms with Crippen molar-refractivity contribution in [2.75, 3.05) is 6.54 Å². The van der Waals surface area contributed by atoms with E-state index >= 15 is 0 Å². The van der Waals surface area contributed by atoms with Gasteiger partial charge in [0.25, 0.3) is 0 Å². The number of thiophene rings is 1. The molecule has 1 amide bonds. The van der Waals surface area contributed by atoms with Gasteiger partial charge in [-0.1, -0.05) is 13.0 Å². The van der Waals surface area contributed by atoms with E-state index in [0.29, 0.717) is 6.42 Å². The number of rotatable bonds is 5. The Labute approximate surface area is 136 Å². The molecule has 4 atom stereocenters. The molecular formula is C15H25ClN2O2S. The third kappa shape index (κ3) is 4.42. The summed E-state index contributed by atoms with van der Waals surface area (Å²) in [5.41, 5.74) is 5.83. The number of hydrogen-bond acceptors (Lipinski definition) is 4. The van der Waals surface area contributed by atoms with Crippen molar-refractivity contribution in [3.8, 4) is 0 Å². The number of carbonyl (C=O) groups is 1. The van der Waals surface area contributed by atoms with Gasteiger partial charge in [-0.15, -0.1) is 23.7 Å². The standard InChI is InChI=1S/C15H24N2O2S.ClH/c1-10(11(2)16)15(19)17-7-3-5-12(17)9-13(18)14-6-4-8-20-14;/h4,6,8,10-13,18H,3,5,7,9,16H2,1-2H3;1H. The van der Waals surface area contributed by atoms with Crippen molar-refractivity contribution in [3.63, 3.8) is 0 Å². The topological polar surface area (TPSA) is 66.6 Å². The minimum atomic E-state index is -0.473. The van der Waals surface area contributed by atoms with Crippen LogP contribution in [0.5, 0.6) is 0 Å². The summed E-state index contributed by atoms with van der Waals surface area (Å²) in [5, 5.41) is 12.2. The van der Waals surface area contributed by atoms with Crippen molar-refractivity contribution in [1.29, 1.82) is 0 Å². The fraction of sp³-hybridized carbons (Fsp3) is 0.667. The highest BCUT2D eigenvalue weighted by atomic mass is 35.5. The zero-order valence-electron chi connectivity index (χ0n) is 12.6. The van der Waals surface area contributed by atoms with Gasteiger partial charge in [0.2, 0.25) is 5.91 Å². The number of aliphatic hydroxyl groups is 1. The lowest BCUT2D eigenvalue weighted by atomic mass is 10.0. The normalized spacial score (nSPS) is 22.5. The van der Waals surface area contributed by atoms with Crippen molar-refractivity contribution < 1.29 is 9.90 Å². The van der Waals surface area contributed by atoms with E-state index in [-0.39, 0.29) is 36.3 Å². The third-order valence-electron chi connectivity index (χ3n) is 4.21. The number of nitrogens with zero attached hydrogens (tertiary/aromatic N) is 1. The SMILES string of the molecule is CC(N)C(C)C(=O)N1CCCC1CC(O)c1cccs1.Cl. The van der Waals surface area contributed by atoms with E-state index in [1.807, 2.05) is 36.3 Å². The monoisotopic (exact) mass is 332 g/mol. The minimum absolute atomic E-state index is 0. The Morgan fingerprint density at radius 1 is 1.57 bits per heavy atom. The average molecular weight is 333 g/mol. The molecule has 0 bridgehead atoms. The Balaban J connectivity index is 0.00000220. The van der Waals surface area contributed by atoms with Crippen LogP contribution in [-0.4, -0.2) is 34.5 Å². The zero-order chi connectivity index (χ0) is 14.7. The average Bonchev–Trinajstić information content (AvgIpc) is 3.07. The quantitative estimate of drug-likeness (QED) is 0.870. The Kier molecular flexibility index (Phi) is 7.13. The van der Waals surface area contributed by atoms with Crippen molar-refractivity contribution in [2.45, 2.75) is 51.3 Å². The van der Waals surface area contributed by atoms with Gasteiger partial charge in [0.15, 0.2) is 0 Å². The van der Waals surface area contributed by atoms with E-state index in [0.717, 1.165) is 24.3 Å². The lowest BCUT2D eigenvalue weighted by Gasteiger charge is -2.30. The molecule has 4 nitrogen and oxygen atoms in total. The van der Waals surface area contributed by atoms with Gasteiger partial charge >= 0.3 is 0 Å². The molecule has 21 heavy (non-hydrogen) atoms. The van der Waals surface area contributed by atoms with Gasteiger partial charge in [0.1, 0.15) is 0 Å². The lowest BCUT2D eigenvalue weighted by Crippen LogP contribution is -2.44. The van der Waals surface area contributed by atoms with Crippen LogP contribution in [0.1, 0.15) is 44.1 Å². The summed E-state index contributed by atoms with van der Waals surface area (Å²) in [6, 6.07) is 3.90. The molecule has 2 rings (SSSR count). The molecule has 2 heterocycles. The number of likely N-dealkylation sites (tertiary alicyclic amines) is 1. The molecule has 1 aromatic heterocycles. The van der Waals surface area contributed by atoms with E-state index < -0.39 is 6.10 Å². The Morgan fingerprint density at radius 3 is 2.86 bits per heavy atom. The van der Waals surface area contributed by atoms with Crippen LogP contribution < -0.4 is 5.73 Å². The molecule has 1 aromatic rings. The molecule has 0 saturated carbocycles. The lowest BCUT2D eigenvalue weighted by molar-refractivity contribution is -0.136. The van der Waals surface area contributed by atoms with Crippen LogP contribution in [0, 0.1) is 5.92 Å². The number of aliphatic hydroxyl groups excluding tert-OH is 1. The van der Waals surface area contributed by atoms with Gasteiger partial charge in [-0.2, -0.15) is 0 Å². The third-order valence-corrected chi connectivity index (χ3v) is 5.18. The van der Waals surface area contributed by atoms with Crippen LogP contribution in [0.2, 0.25) is 0 Å². The molecule has 0 radical (unpaired) electrons. The molecule has 1 saturated heterocycles. The smallest absolute Gasteiger partial charge is 0.227 e. The van der Waals surface area contributed by atoms with Crippen LogP contribution >= 0.6 is 23.7 Å². The van der Waals surface area contributed by atoms with Gasteiger partial charge in [-0.05, 0) is 37.6 Å². The molecule has 0 aliphatic carbocycles. The predicted octanol–water partition coefficient (Wildman–Crippen LogP) is 2.57. The van der Waals surface area contributed by atoms with E-state index in [1.165, 1.54) is 0 Å². The Morgan fingerprint density at radius 2 is 2.29 bits per heavy atom. The van der Waals surface area contributed by atoms with Crippen LogP contribution in [0.25, 0.3) is 0 Å². The summed E-state index contributed by atoms with van der Waals surface area (Å²) in [7, 11) is 0. The summed E-state index contributed by atoms with van der Waals surface area (Å²) in [6.07, 6.45) is 2.14. The summed E-state index contributed by atoms with van der Waals surface area (Å²) in [4.78, 5) is 15.3. The summed E-state index contributed by atoms with van der Waals surface area (Å²) in [5.74, 6) is -0.0321. The van der Waals surface area contributed by atoms with Crippen molar-refractivity contribution in [3.05, 3.63) is 22.4 Å². The van der Waals surface area contributed by atoms with Crippen LogP contribution in [0.4, 0.5) is 0 Å². The first-order valence-corrected chi connectivity index (χ1v) is 8.16. The molecule has 4 unspecified atom stereocenters. The highest BCUT2D eigenvalue weighted by Gasteiger charge is 2.33. The first-order chi connectivity index (χ1) is 9.50.